The molecule has 1 atom stereocenters. The molecule has 1 aromatic carbocycles. The lowest BCUT2D eigenvalue weighted by Gasteiger charge is -2.28. The van der Waals surface area contributed by atoms with Crippen LogP contribution in [0.5, 0.6) is 5.88 Å². The maximum Gasteiger partial charge on any atom is 0.341 e. The van der Waals surface area contributed by atoms with Crippen LogP contribution in [-0.2, 0) is 0 Å². The third kappa shape index (κ3) is 4.40. The summed E-state index contributed by atoms with van der Waals surface area (Å²) in [5.74, 6) is -0.926. The van der Waals surface area contributed by atoms with E-state index in [2.05, 4.69) is 19.9 Å². The van der Waals surface area contributed by atoms with Gasteiger partial charge in [0.2, 0.25) is 17.3 Å². The summed E-state index contributed by atoms with van der Waals surface area (Å²) in [5, 5.41) is 10.5. The molecule has 12 heteroatoms. The lowest BCUT2D eigenvalue weighted by molar-refractivity contribution is 0.0695. The van der Waals surface area contributed by atoms with Crippen LogP contribution in [-0.4, -0.2) is 49.8 Å². The average molecular weight is 527 g/mol. The number of halogens is 2. The number of nitrogens with two attached hydrogens (primary N) is 1. The molecule has 3 N–H and O–H groups in total. The van der Waals surface area contributed by atoms with E-state index in [1.165, 1.54) is 24.7 Å². The van der Waals surface area contributed by atoms with Gasteiger partial charge >= 0.3 is 5.97 Å². The molecule has 3 aromatic heterocycles. The number of aromatic nitrogens is 4. The summed E-state index contributed by atoms with van der Waals surface area (Å²) in [4.78, 5) is 39.1. The van der Waals surface area contributed by atoms with Gasteiger partial charge in [-0.2, -0.15) is 0 Å². The molecule has 0 bridgehead atoms. The van der Waals surface area contributed by atoms with Crippen molar-refractivity contribution in [3.8, 4) is 11.6 Å². The molecule has 0 saturated carbocycles. The van der Waals surface area contributed by atoms with Crippen LogP contribution in [0.4, 0.5) is 11.6 Å². The fourth-order valence-corrected chi connectivity index (χ4v) is 4.80. The summed E-state index contributed by atoms with van der Waals surface area (Å²) in [7, 11) is 0. The van der Waals surface area contributed by atoms with Gasteiger partial charge in [-0.05, 0) is 37.1 Å². The number of hydrogen-bond acceptors (Lipinski definition) is 8. The molecule has 36 heavy (non-hydrogen) atoms. The molecule has 0 aliphatic carbocycles. The Bertz CT molecular complexity index is 1530. The normalized spacial score (nSPS) is 15.4. The second kappa shape index (κ2) is 9.63. The second-order valence-electron chi connectivity index (χ2n) is 8.26. The molecule has 0 radical (unpaired) electrons. The van der Waals surface area contributed by atoms with Crippen LogP contribution in [0.1, 0.15) is 23.2 Å². The Hall–Kier alpha value is -3.89. The second-order valence-corrected chi connectivity index (χ2v) is 9.07. The van der Waals surface area contributed by atoms with E-state index in [0.29, 0.717) is 39.4 Å². The largest absolute Gasteiger partial charge is 0.477 e. The number of carbonyl (C=O) groups is 1. The van der Waals surface area contributed by atoms with Crippen molar-refractivity contribution >= 4 is 51.7 Å². The van der Waals surface area contributed by atoms with Crippen molar-refractivity contribution in [2.24, 2.45) is 0 Å². The molecule has 1 aliphatic rings. The number of fused-ring (bicyclic) bond motifs is 1. The number of pyridine rings is 2. The number of nitrogen functional groups attached to an aromatic ring is 1. The predicted octanol–water partition coefficient (Wildman–Crippen LogP) is 3.81. The monoisotopic (exact) mass is 526 g/mol. The summed E-state index contributed by atoms with van der Waals surface area (Å²) >= 11 is 12.8. The quantitative estimate of drug-likeness (QED) is 0.384. The van der Waals surface area contributed by atoms with Gasteiger partial charge in [-0.25, -0.2) is 19.7 Å². The number of rotatable bonds is 6. The highest BCUT2D eigenvalue weighted by atomic mass is 35.5. The lowest BCUT2D eigenvalue weighted by Crippen LogP contribution is -2.34. The smallest absolute Gasteiger partial charge is 0.341 e. The molecular weight excluding hydrogens is 507 g/mol. The Kier molecular flexibility index (Phi) is 6.38. The first-order valence-electron chi connectivity index (χ1n) is 11.0. The number of benzene rings is 1. The zero-order valence-corrected chi connectivity index (χ0v) is 20.3. The van der Waals surface area contributed by atoms with Crippen LogP contribution in [0.3, 0.4) is 0 Å². The van der Waals surface area contributed by atoms with E-state index in [1.54, 1.807) is 29.0 Å². The Labute approximate surface area is 214 Å². The Morgan fingerprint density at radius 1 is 1.19 bits per heavy atom. The van der Waals surface area contributed by atoms with Gasteiger partial charge in [-0.15, -0.1) is 0 Å². The Morgan fingerprint density at radius 2 is 1.97 bits per heavy atom. The minimum atomic E-state index is -1.35. The van der Waals surface area contributed by atoms with Gasteiger partial charge in [0, 0.05) is 24.3 Å². The Morgan fingerprint density at radius 3 is 2.69 bits per heavy atom. The van der Waals surface area contributed by atoms with Crippen molar-refractivity contribution < 1.29 is 14.6 Å². The van der Waals surface area contributed by atoms with Crippen LogP contribution < -0.4 is 20.8 Å². The fourth-order valence-electron chi connectivity index (χ4n) is 4.35. The molecule has 1 fully saturated rings. The van der Waals surface area contributed by atoms with Gasteiger partial charge in [-0.3, -0.25) is 4.79 Å². The van der Waals surface area contributed by atoms with Gasteiger partial charge in [0.05, 0.1) is 40.3 Å². The van der Waals surface area contributed by atoms with E-state index >= 15 is 0 Å². The molecule has 1 saturated heterocycles. The van der Waals surface area contributed by atoms with Crippen LogP contribution >= 0.6 is 23.2 Å². The van der Waals surface area contributed by atoms with Crippen LogP contribution in [0.15, 0.2) is 53.8 Å². The molecule has 1 aliphatic heterocycles. The predicted molar refractivity (Wildman–Crippen MR) is 137 cm³/mol. The van der Waals surface area contributed by atoms with Crippen molar-refractivity contribution in [3.63, 3.8) is 0 Å². The third-order valence-electron chi connectivity index (χ3n) is 6.06. The van der Waals surface area contributed by atoms with Crippen molar-refractivity contribution in [1.29, 1.82) is 0 Å². The minimum Gasteiger partial charge on any atom is -0.477 e. The van der Waals surface area contributed by atoms with E-state index in [1.807, 2.05) is 0 Å². The number of anilines is 2. The summed E-state index contributed by atoms with van der Waals surface area (Å²) in [6.45, 7) is 1.05. The number of aromatic carboxylic acids is 1. The first kappa shape index (κ1) is 23.8. The topological polar surface area (TPSA) is 136 Å². The molecule has 0 spiro atoms. The number of carboxylic acid groups (broad SMARTS) is 1. The van der Waals surface area contributed by atoms with Gasteiger partial charge < -0.3 is 25.0 Å². The zero-order chi connectivity index (χ0) is 25.4. The maximum atomic E-state index is 13.0. The standard InChI is InChI=1S/C24H20Cl2N6O4/c25-17-4-1-5-28-22(17)36-12-13-3-2-6-31(13)20-8-19-15(7-18(20)26)21(33)16(23(34)35)11-32(19)14-9-29-24(27)30-10-14/h1,4-5,7-11,13H,2-3,6,12H2,(H,34,35)(H2,27,29,30)/t13-/m1/s1. The molecule has 5 rings (SSSR count). The molecule has 0 unspecified atom stereocenters. The molecule has 4 heterocycles. The fraction of sp³-hybridized carbons (Fsp3) is 0.208. The summed E-state index contributed by atoms with van der Waals surface area (Å²) in [5.41, 5.74) is 6.17. The van der Waals surface area contributed by atoms with Gasteiger partial charge in [0.15, 0.2) is 0 Å². The third-order valence-corrected chi connectivity index (χ3v) is 6.65. The molecular formula is C24H20Cl2N6O4. The molecule has 0 amide bonds. The number of nitrogens with zero attached hydrogens (tertiary/aromatic N) is 5. The van der Waals surface area contributed by atoms with Crippen molar-refractivity contribution in [2.45, 2.75) is 18.9 Å². The van der Waals surface area contributed by atoms with Crippen molar-refractivity contribution in [2.75, 3.05) is 23.8 Å². The lowest BCUT2D eigenvalue weighted by atomic mass is 10.1. The maximum absolute atomic E-state index is 13.0. The highest BCUT2D eigenvalue weighted by Crippen LogP contribution is 2.36. The van der Waals surface area contributed by atoms with E-state index in [-0.39, 0.29) is 17.4 Å². The molecule has 4 aromatic rings. The van der Waals surface area contributed by atoms with E-state index in [0.717, 1.165) is 19.4 Å². The van der Waals surface area contributed by atoms with E-state index in [4.69, 9.17) is 33.7 Å². The van der Waals surface area contributed by atoms with Crippen LogP contribution in [0.2, 0.25) is 10.0 Å². The highest BCUT2D eigenvalue weighted by molar-refractivity contribution is 6.34. The van der Waals surface area contributed by atoms with Crippen molar-refractivity contribution in [1.82, 2.24) is 19.5 Å². The van der Waals surface area contributed by atoms with Gasteiger partial charge in [-0.1, -0.05) is 23.2 Å². The summed E-state index contributed by atoms with van der Waals surface area (Å²) < 4.78 is 7.44. The number of ether oxygens (including phenoxy) is 1. The SMILES string of the molecule is Nc1ncc(-n2cc(C(=O)O)c(=O)c3cc(Cl)c(N4CCC[C@@H]4COc4ncccc4Cl)cc32)cn1. The summed E-state index contributed by atoms with van der Waals surface area (Å²) in [6, 6.07) is 6.70. The minimum absolute atomic E-state index is 0.0173. The van der Waals surface area contributed by atoms with Crippen LogP contribution in [0, 0.1) is 0 Å². The Balaban J connectivity index is 1.59. The average Bonchev–Trinajstić information content (AvgIpc) is 3.32. The van der Waals surface area contributed by atoms with E-state index in [9.17, 15) is 14.7 Å². The molecule has 10 nitrogen and oxygen atoms in total. The first-order valence-corrected chi connectivity index (χ1v) is 11.8. The first-order chi connectivity index (χ1) is 17.3. The zero-order valence-electron chi connectivity index (χ0n) is 18.8. The number of carboxylic acids is 1. The van der Waals surface area contributed by atoms with Crippen molar-refractivity contribution in [3.05, 3.63) is 74.9 Å². The van der Waals surface area contributed by atoms with Crippen LogP contribution in [0.25, 0.3) is 16.6 Å². The van der Waals surface area contributed by atoms with E-state index < -0.39 is 17.0 Å². The van der Waals surface area contributed by atoms with Gasteiger partial charge in [0.1, 0.15) is 17.2 Å². The number of hydrogen-bond donors (Lipinski definition) is 2. The highest BCUT2D eigenvalue weighted by Gasteiger charge is 2.28. The van der Waals surface area contributed by atoms with Gasteiger partial charge in [0.25, 0.3) is 0 Å². The summed E-state index contributed by atoms with van der Waals surface area (Å²) in [6.07, 6.45) is 7.54. The molecule has 184 valence electrons.